The summed E-state index contributed by atoms with van der Waals surface area (Å²) in [7, 11) is 5.95. The van der Waals surface area contributed by atoms with E-state index in [1.807, 2.05) is 12.1 Å². The summed E-state index contributed by atoms with van der Waals surface area (Å²) in [5.74, 6) is 1.88. The Balaban J connectivity index is 1.88. The summed E-state index contributed by atoms with van der Waals surface area (Å²) in [5, 5.41) is 12.0. The summed E-state index contributed by atoms with van der Waals surface area (Å²) in [6.07, 6.45) is 13.1. The van der Waals surface area contributed by atoms with Gasteiger partial charge < -0.3 is 14.7 Å². The zero-order valence-electron chi connectivity index (χ0n) is 17.4. The SMILES string of the molecule is COc1ccc(/C=C2\CCCC(CN(C)C)C2(O)CC2CCCCC2)cc1. The zero-order chi connectivity index (χ0) is 19.3. The molecular formula is C24H37NO2. The first-order valence-corrected chi connectivity index (χ1v) is 10.7. The van der Waals surface area contributed by atoms with Crippen LogP contribution in [-0.2, 0) is 0 Å². The smallest absolute Gasteiger partial charge is 0.118 e. The van der Waals surface area contributed by atoms with Crippen molar-refractivity contribution in [3.8, 4) is 5.75 Å². The number of nitrogens with zero attached hydrogens (tertiary/aromatic N) is 1. The highest BCUT2D eigenvalue weighted by atomic mass is 16.5. The van der Waals surface area contributed by atoms with Gasteiger partial charge in [0.1, 0.15) is 5.75 Å². The molecule has 150 valence electrons. The van der Waals surface area contributed by atoms with Gasteiger partial charge in [-0.1, -0.05) is 50.3 Å². The van der Waals surface area contributed by atoms with E-state index < -0.39 is 5.60 Å². The lowest BCUT2D eigenvalue weighted by Gasteiger charge is -2.45. The molecule has 2 aliphatic rings. The number of benzene rings is 1. The lowest BCUT2D eigenvalue weighted by Crippen LogP contribution is -2.48. The average molecular weight is 372 g/mol. The van der Waals surface area contributed by atoms with E-state index in [0.717, 1.165) is 31.6 Å². The third-order valence-corrected chi connectivity index (χ3v) is 6.60. The van der Waals surface area contributed by atoms with Crippen molar-refractivity contribution in [3.63, 3.8) is 0 Å². The first-order valence-electron chi connectivity index (χ1n) is 10.7. The van der Waals surface area contributed by atoms with Gasteiger partial charge in [-0.05, 0) is 69.0 Å². The largest absolute Gasteiger partial charge is 0.497 e. The zero-order valence-corrected chi connectivity index (χ0v) is 17.4. The number of hydrogen-bond donors (Lipinski definition) is 1. The average Bonchev–Trinajstić information content (AvgIpc) is 2.66. The molecule has 3 rings (SSSR count). The van der Waals surface area contributed by atoms with Crippen molar-refractivity contribution in [1.82, 2.24) is 4.90 Å². The summed E-state index contributed by atoms with van der Waals surface area (Å²) >= 11 is 0. The van der Waals surface area contributed by atoms with Crippen LogP contribution in [0.2, 0.25) is 0 Å². The number of hydrogen-bond acceptors (Lipinski definition) is 3. The second kappa shape index (κ2) is 9.25. The lowest BCUT2D eigenvalue weighted by atomic mass is 9.66. The van der Waals surface area contributed by atoms with Gasteiger partial charge in [0.2, 0.25) is 0 Å². The third-order valence-electron chi connectivity index (χ3n) is 6.60. The Hall–Kier alpha value is -1.32. The van der Waals surface area contributed by atoms with Crippen molar-refractivity contribution in [3.05, 3.63) is 35.4 Å². The van der Waals surface area contributed by atoms with Gasteiger partial charge in [-0.25, -0.2) is 0 Å². The molecule has 3 nitrogen and oxygen atoms in total. The van der Waals surface area contributed by atoms with Crippen molar-refractivity contribution in [2.45, 2.75) is 63.4 Å². The molecule has 0 spiro atoms. The summed E-state index contributed by atoms with van der Waals surface area (Å²) in [6.45, 7) is 0.961. The Morgan fingerprint density at radius 1 is 1.07 bits per heavy atom. The Labute approximate surface area is 165 Å². The maximum atomic E-state index is 12.0. The van der Waals surface area contributed by atoms with Crippen LogP contribution in [0.3, 0.4) is 0 Å². The maximum absolute atomic E-state index is 12.0. The minimum atomic E-state index is -0.662. The molecule has 1 aromatic rings. The van der Waals surface area contributed by atoms with Crippen LogP contribution in [0.1, 0.15) is 63.4 Å². The van der Waals surface area contributed by atoms with Gasteiger partial charge in [0.25, 0.3) is 0 Å². The monoisotopic (exact) mass is 371 g/mol. The fraction of sp³-hybridized carbons (Fsp3) is 0.667. The molecule has 1 aromatic carbocycles. The van der Waals surface area contributed by atoms with E-state index in [-0.39, 0.29) is 0 Å². The quantitative estimate of drug-likeness (QED) is 0.751. The highest BCUT2D eigenvalue weighted by Crippen LogP contribution is 2.45. The number of aliphatic hydroxyl groups is 1. The molecule has 0 aliphatic heterocycles. The van der Waals surface area contributed by atoms with Gasteiger partial charge in [0, 0.05) is 12.5 Å². The molecule has 0 aromatic heterocycles. The molecule has 0 heterocycles. The van der Waals surface area contributed by atoms with Crippen molar-refractivity contribution in [1.29, 1.82) is 0 Å². The summed E-state index contributed by atoms with van der Waals surface area (Å²) in [5.41, 5.74) is 1.75. The minimum Gasteiger partial charge on any atom is -0.497 e. The molecule has 1 N–H and O–H groups in total. The molecule has 0 radical (unpaired) electrons. The number of methoxy groups -OCH3 is 1. The molecule has 2 unspecified atom stereocenters. The molecule has 2 fully saturated rings. The highest BCUT2D eigenvalue weighted by molar-refractivity contribution is 5.56. The first kappa shape index (κ1) is 20.4. The third kappa shape index (κ3) is 5.14. The predicted molar refractivity (Wildman–Crippen MR) is 113 cm³/mol. The first-order chi connectivity index (χ1) is 13.0. The lowest BCUT2D eigenvalue weighted by molar-refractivity contribution is -0.0349. The summed E-state index contributed by atoms with van der Waals surface area (Å²) < 4.78 is 5.29. The van der Waals surface area contributed by atoms with Crippen molar-refractivity contribution in [2.75, 3.05) is 27.7 Å². The van der Waals surface area contributed by atoms with Crippen LogP contribution >= 0.6 is 0 Å². The number of ether oxygens (including phenoxy) is 1. The Morgan fingerprint density at radius 3 is 2.41 bits per heavy atom. The van der Waals surface area contributed by atoms with Crippen LogP contribution in [-0.4, -0.2) is 43.4 Å². The van der Waals surface area contributed by atoms with E-state index in [9.17, 15) is 5.11 Å². The van der Waals surface area contributed by atoms with E-state index in [4.69, 9.17) is 4.74 Å². The second-order valence-corrected chi connectivity index (χ2v) is 8.93. The van der Waals surface area contributed by atoms with Gasteiger partial charge in [0.05, 0.1) is 12.7 Å². The molecule has 27 heavy (non-hydrogen) atoms. The molecule has 2 atom stereocenters. The summed E-state index contributed by atoms with van der Waals surface area (Å²) in [6, 6.07) is 8.21. The van der Waals surface area contributed by atoms with E-state index >= 15 is 0 Å². The van der Waals surface area contributed by atoms with E-state index in [1.54, 1.807) is 7.11 Å². The predicted octanol–water partition coefficient (Wildman–Crippen LogP) is 5.14. The molecule has 3 heteroatoms. The molecule has 0 bridgehead atoms. The van der Waals surface area contributed by atoms with Gasteiger partial charge in [0.15, 0.2) is 0 Å². The highest BCUT2D eigenvalue weighted by Gasteiger charge is 2.44. The number of rotatable bonds is 6. The molecular weight excluding hydrogens is 334 g/mol. The van der Waals surface area contributed by atoms with Crippen LogP contribution in [0.4, 0.5) is 0 Å². The van der Waals surface area contributed by atoms with E-state index in [2.05, 4.69) is 37.2 Å². The van der Waals surface area contributed by atoms with Crippen LogP contribution in [0, 0.1) is 11.8 Å². The molecule has 0 saturated heterocycles. The van der Waals surface area contributed by atoms with Gasteiger partial charge >= 0.3 is 0 Å². The van der Waals surface area contributed by atoms with Crippen LogP contribution in [0.25, 0.3) is 6.08 Å². The topological polar surface area (TPSA) is 32.7 Å². The summed E-state index contributed by atoms with van der Waals surface area (Å²) in [4.78, 5) is 2.24. The normalized spacial score (nSPS) is 28.6. The maximum Gasteiger partial charge on any atom is 0.118 e. The fourth-order valence-electron chi connectivity index (χ4n) is 5.17. The van der Waals surface area contributed by atoms with Crippen LogP contribution in [0.5, 0.6) is 5.75 Å². The van der Waals surface area contributed by atoms with E-state index in [0.29, 0.717) is 11.8 Å². The van der Waals surface area contributed by atoms with Gasteiger partial charge in [-0.3, -0.25) is 0 Å². The van der Waals surface area contributed by atoms with Crippen LogP contribution < -0.4 is 4.74 Å². The molecule has 0 amide bonds. The molecule has 2 aliphatic carbocycles. The van der Waals surface area contributed by atoms with Crippen molar-refractivity contribution in [2.24, 2.45) is 11.8 Å². The Kier molecular flexibility index (Phi) is 6.99. The standard InChI is InChI=1S/C24H37NO2/c1-25(2)18-22-11-7-10-21(16-19-12-14-23(27-3)15-13-19)24(22,26)17-20-8-5-4-6-9-20/h12-16,20,22,26H,4-11,17-18H2,1-3H3/b21-16+. The van der Waals surface area contributed by atoms with Crippen molar-refractivity contribution >= 4 is 6.08 Å². The van der Waals surface area contributed by atoms with E-state index in [1.165, 1.54) is 49.7 Å². The second-order valence-electron chi connectivity index (χ2n) is 8.93. The fourth-order valence-corrected chi connectivity index (χ4v) is 5.17. The molecule has 2 saturated carbocycles. The van der Waals surface area contributed by atoms with Crippen LogP contribution in [0.15, 0.2) is 29.8 Å². The van der Waals surface area contributed by atoms with Gasteiger partial charge in [-0.15, -0.1) is 0 Å². The Morgan fingerprint density at radius 2 is 1.78 bits per heavy atom. The van der Waals surface area contributed by atoms with Gasteiger partial charge in [-0.2, -0.15) is 0 Å². The Bertz CT molecular complexity index is 616. The van der Waals surface area contributed by atoms with Crippen molar-refractivity contribution < 1.29 is 9.84 Å². The minimum absolute atomic E-state index is 0.327.